The van der Waals surface area contributed by atoms with Crippen molar-refractivity contribution in [2.45, 2.75) is 20.3 Å². The van der Waals surface area contributed by atoms with Gasteiger partial charge >= 0.3 is 5.97 Å². The minimum atomic E-state index is -0.378. The van der Waals surface area contributed by atoms with Gasteiger partial charge in [-0.1, -0.05) is 19.1 Å². The maximum absolute atomic E-state index is 11.9. The molecule has 0 radical (unpaired) electrons. The topological polar surface area (TPSA) is 89.0 Å². The maximum Gasteiger partial charge on any atom is 0.340 e. The molecule has 22 heavy (non-hydrogen) atoms. The molecular weight excluding hydrogens is 282 g/mol. The number of para-hydroxylation sites is 1. The number of rotatable bonds is 7. The maximum atomic E-state index is 11.9. The molecule has 1 aromatic heterocycles. The van der Waals surface area contributed by atoms with Crippen molar-refractivity contribution >= 4 is 23.4 Å². The normalized spacial score (nSPS) is 10.1. The molecule has 2 aromatic rings. The molecule has 0 saturated carbocycles. The van der Waals surface area contributed by atoms with Gasteiger partial charge in [-0.3, -0.25) is 0 Å². The first-order valence-corrected chi connectivity index (χ1v) is 7.21. The Bertz CT molecular complexity index is 633. The molecule has 0 atom stereocenters. The summed E-state index contributed by atoms with van der Waals surface area (Å²) in [5.74, 6) is 0.572. The van der Waals surface area contributed by atoms with Crippen molar-refractivity contribution in [2.24, 2.45) is 0 Å². The predicted octanol–water partition coefficient (Wildman–Crippen LogP) is 2.61. The largest absolute Gasteiger partial charge is 0.462 e. The van der Waals surface area contributed by atoms with Crippen LogP contribution in [0.25, 0.3) is 0 Å². The molecule has 2 rings (SSSR count). The van der Waals surface area contributed by atoms with Gasteiger partial charge in [0.25, 0.3) is 0 Å². The lowest BCUT2D eigenvalue weighted by molar-refractivity contribution is 0.0527. The lowest BCUT2D eigenvalue weighted by atomic mass is 10.2. The minimum absolute atomic E-state index is 0.327. The molecule has 2 N–H and O–H groups in total. The van der Waals surface area contributed by atoms with E-state index in [1.54, 1.807) is 25.1 Å². The Hall–Kier alpha value is -2.70. The quantitative estimate of drug-likeness (QED) is 0.760. The lowest BCUT2D eigenvalue weighted by Crippen LogP contribution is -2.10. The molecule has 0 aliphatic carbocycles. The molecule has 0 bridgehead atoms. The highest BCUT2D eigenvalue weighted by Gasteiger charge is 2.12. The van der Waals surface area contributed by atoms with Crippen LogP contribution < -0.4 is 10.6 Å². The Balaban J connectivity index is 2.18. The van der Waals surface area contributed by atoms with E-state index < -0.39 is 0 Å². The molecule has 0 aliphatic rings. The van der Waals surface area contributed by atoms with E-state index in [0.717, 1.165) is 13.0 Å². The van der Waals surface area contributed by atoms with Crippen LogP contribution in [0.3, 0.4) is 0 Å². The Morgan fingerprint density at radius 2 is 2.09 bits per heavy atom. The van der Waals surface area contributed by atoms with E-state index in [4.69, 9.17) is 4.74 Å². The fourth-order valence-corrected chi connectivity index (χ4v) is 1.79. The number of anilines is 3. The van der Waals surface area contributed by atoms with Gasteiger partial charge in [-0.05, 0) is 25.5 Å². The molecule has 7 heteroatoms. The van der Waals surface area contributed by atoms with Crippen molar-refractivity contribution in [1.82, 2.24) is 15.2 Å². The van der Waals surface area contributed by atoms with Gasteiger partial charge in [0.15, 0.2) is 5.82 Å². The highest BCUT2D eigenvalue weighted by Crippen LogP contribution is 2.20. The molecule has 0 aliphatic heterocycles. The molecule has 0 spiro atoms. The van der Waals surface area contributed by atoms with Crippen LogP contribution in [0.15, 0.2) is 30.5 Å². The third-order valence-corrected chi connectivity index (χ3v) is 2.78. The number of nitrogens with zero attached hydrogens (tertiary/aromatic N) is 3. The molecule has 116 valence electrons. The van der Waals surface area contributed by atoms with Crippen molar-refractivity contribution in [3.63, 3.8) is 0 Å². The van der Waals surface area contributed by atoms with Gasteiger partial charge in [-0.15, -0.1) is 5.10 Å². The third-order valence-electron chi connectivity index (χ3n) is 2.78. The van der Waals surface area contributed by atoms with E-state index in [1.807, 2.05) is 6.07 Å². The Morgan fingerprint density at radius 1 is 1.27 bits per heavy atom. The first-order chi connectivity index (χ1) is 10.7. The highest BCUT2D eigenvalue weighted by atomic mass is 16.5. The number of nitrogens with one attached hydrogen (secondary N) is 2. The van der Waals surface area contributed by atoms with Crippen molar-refractivity contribution in [1.29, 1.82) is 0 Å². The van der Waals surface area contributed by atoms with Crippen LogP contribution in [-0.4, -0.2) is 34.3 Å². The number of aromatic nitrogens is 3. The predicted molar refractivity (Wildman–Crippen MR) is 84.3 cm³/mol. The van der Waals surface area contributed by atoms with Gasteiger partial charge in [0, 0.05) is 6.54 Å². The zero-order valence-electron chi connectivity index (χ0n) is 12.7. The Kier molecular flexibility index (Phi) is 5.65. The fourth-order valence-electron chi connectivity index (χ4n) is 1.79. The number of hydrogen-bond donors (Lipinski definition) is 2. The van der Waals surface area contributed by atoms with Gasteiger partial charge in [-0.2, -0.15) is 10.1 Å². The van der Waals surface area contributed by atoms with Crippen LogP contribution >= 0.6 is 0 Å². The van der Waals surface area contributed by atoms with Crippen LogP contribution in [0.2, 0.25) is 0 Å². The molecule has 7 nitrogen and oxygen atoms in total. The van der Waals surface area contributed by atoms with E-state index in [9.17, 15) is 4.79 Å². The second-order valence-corrected chi connectivity index (χ2v) is 4.48. The monoisotopic (exact) mass is 301 g/mol. The summed E-state index contributed by atoms with van der Waals surface area (Å²) >= 11 is 0. The molecule has 0 unspecified atom stereocenters. The third kappa shape index (κ3) is 4.15. The number of benzene rings is 1. The van der Waals surface area contributed by atoms with Gasteiger partial charge in [0.05, 0.1) is 24.1 Å². The SMILES string of the molecule is CCCNc1nncc(Nc2ccccc2C(=O)OCC)n1. The van der Waals surface area contributed by atoms with Gasteiger partial charge in [0.1, 0.15) is 0 Å². The first-order valence-electron chi connectivity index (χ1n) is 7.21. The second-order valence-electron chi connectivity index (χ2n) is 4.48. The number of esters is 1. The van der Waals surface area contributed by atoms with E-state index in [1.165, 1.54) is 6.20 Å². The van der Waals surface area contributed by atoms with Gasteiger partial charge in [0.2, 0.25) is 5.95 Å². The summed E-state index contributed by atoms with van der Waals surface area (Å²) in [6.07, 6.45) is 2.46. The van der Waals surface area contributed by atoms with E-state index >= 15 is 0 Å². The smallest absolute Gasteiger partial charge is 0.340 e. The fraction of sp³-hybridized carbons (Fsp3) is 0.333. The highest BCUT2D eigenvalue weighted by molar-refractivity contribution is 5.96. The zero-order chi connectivity index (χ0) is 15.8. The van der Waals surface area contributed by atoms with E-state index in [2.05, 4.69) is 32.7 Å². The summed E-state index contributed by atoms with van der Waals surface area (Å²) in [5.41, 5.74) is 1.06. The summed E-state index contributed by atoms with van der Waals surface area (Å²) in [7, 11) is 0. The summed E-state index contributed by atoms with van der Waals surface area (Å²) in [5, 5.41) is 13.9. The van der Waals surface area contributed by atoms with Gasteiger partial charge < -0.3 is 15.4 Å². The molecule has 1 heterocycles. The van der Waals surface area contributed by atoms with Crippen LogP contribution in [0.5, 0.6) is 0 Å². The molecule has 1 aromatic carbocycles. The van der Waals surface area contributed by atoms with Crippen molar-refractivity contribution < 1.29 is 9.53 Å². The number of carbonyl (C=O) groups is 1. The van der Waals surface area contributed by atoms with Crippen LogP contribution in [0.1, 0.15) is 30.6 Å². The summed E-state index contributed by atoms with van der Waals surface area (Å²) < 4.78 is 5.04. The summed E-state index contributed by atoms with van der Waals surface area (Å²) in [6.45, 7) is 4.92. The standard InChI is InChI=1S/C15H19N5O2/c1-3-9-16-15-19-13(10-17-20-15)18-12-8-6-5-7-11(12)14(21)22-4-2/h5-8,10H,3-4,9H2,1-2H3,(H2,16,18,19,20). The average molecular weight is 301 g/mol. The number of carbonyl (C=O) groups excluding carboxylic acids is 1. The number of hydrogen-bond acceptors (Lipinski definition) is 7. The van der Waals surface area contributed by atoms with Gasteiger partial charge in [-0.25, -0.2) is 4.79 Å². The molecule has 0 fully saturated rings. The minimum Gasteiger partial charge on any atom is -0.462 e. The second kappa shape index (κ2) is 7.92. The lowest BCUT2D eigenvalue weighted by Gasteiger charge is -2.11. The summed E-state index contributed by atoms with van der Waals surface area (Å²) in [6, 6.07) is 7.10. The zero-order valence-corrected chi connectivity index (χ0v) is 12.7. The van der Waals surface area contributed by atoms with Crippen LogP contribution in [0.4, 0.5) is 17.5 Å². The number of ether oxygens (including phenoxy) is 1. The molecule has 0 amide bonds. The molecular formula is C15H19N5O2. The van der Waals surface area contributed by atoms with E-state index in [-0.39, 0.29) is 5.97 Å². The van der Waals surface area contributed by atoms with E-state index in [0.29, 0.717) is 29.6 Å². The summed E-state index contributed by atoms with van der Waals surface area (Å²) in [4.78, 5) is 16.2. The van der Waals surface area contributed by atoms with Crippen molar-refractivity contribution in [3.8, 4) is 0 Å². The molecule has 0 saturated heterocycles. The first kappa shape index (κ1) is 15.7. The van der Waals surface area contributed by atoms with Crippen LogP contribution in [0, 0.1) is 0 Å². The Morgan fingerprint density at radius 3 is 2.86 bits per heavy atom. The van der Waals surface area contributed by atoms with Crippen molar-refractivity contribution in [3.05, 3.63) is 36.0 Å². The average Bonchev–Trinajstić information content (AvgIpc) is 2.54. The van der Waals surface area contributed by atoms with Crippen LogP contribution in [-0.2, 0) is 4.74 Å². The Labute approximate surface area is 129 Å². The van der Waals surface area contributed by atoms with Crippen molar-refractivity contribution in [2.75, 3.05) is 23.8 Å².